The Kier molecular flexibility index (Phi) is 7.57. The minimum Gasteiger partial charge on any atom is -0.395 e. The van der Waals surface area contributed by atoms with Crippen molar-refractivity contribution in [3.8, 4) is 0 Å². The predicted molar refractivity (Wildman–Crippen MR) is 49.3 cm³/mol. The van der Waals surface area contributed by atoms with Crippen LogP contribution in [0.1, 0.15) is 6.42 Å². The summed E-state index contributed by atoms with van der Waals surface area (Å²) < 4.78 is 0. The second-order valence-corrected chi connectivity index (χ2v) is 2.89. The third-order valence-corrected chi connectivity index (χ3v) is 1.66. The number of likely N-dealkylation sites (N-methyl/N-ethyl adjacent to an activating group) is 1. The second-order valence-electron chi connectivity index (χ2n) is 2.89. The lowest BCUT2D eigenvalue weighted by Gasteiger charge is -2.14. The fraction of sp³-hybridized carbons (Fsp3) is 0.875. The molecule has 13 heavy (non-hydrogen) atoms. The zero-order chi connectivity index (χ0) is 10.1. The van der Waals surface area contributed by atoms with Crippen molar-refractivity contribution in [2.45, 2.75) is 6.42 Å². The summed E-state index contributed by atoms with van der Waals surface area (Å²) in [6.45, 7) is 1.74. The van der Waals surface area contributed by atoms with E-state index in [0.29, 0.717) is 13.1 Å². The average molecular weight is 190 g/mol. The first-order valence-corrected chi connectivity index (χ1v) is 4.37. The lowest BCUT2D eigenvalue weighted by Crippen LogP contribution is -2.30. The van der Waals surface area contributed by atoms with Gasteiger partial charge in [-0.05, 0) is 20.0 Å². The van der Waals surface area contributed by atoms with Gasteiger partial charge >= 0.3 is 0 Å². The van der Waals surface area contributed by atoms with Crippen molar-refractivity contribution in [3.05, 3.63) is 0 Å². The number of amides is 1. The van der Waals surface area contributed by atoms with Crippen LogP contribution >= 0.6 is 0 Å². The molecule has 0 rings (SSSR count). The summed E-state index contributed by atoms with van der Waals surface area (Å²) in [5.41, 5.74) is 0. The highest BCUT2D eigenvalue weighted by Gasteiger charge is 1.98. The van der Waals surface area contributed by atoms with Crippen LogP contribution in [0.15, 0.2) is 0 Å². The molecule has 0 fully saturated rings. The fourth-order valence-corrected chi connectivity index (χ4v) is 0.915. The van der Waals surface area contributed by atoms with Gasteiger partial charge in [-0.3, -0.25) is 4.79 Å². The van der Waals surface area contributed by atoms with Gasteiger partial charge in [0.25, 0.3) is 0 Å². The number of hydrogen-bond acceptors (Lipinski definition) is 4. The fourth-order valence-electron chi connectivity index (χ4n) is 0.915. The lowest BCUT2D eigenvalue weighted by molar-refractivity contribution is -0.123. The Morgan fingerprint density at radius 3 is 2.62 bits per heavy atom. The summed E-state index contributed by atoms with van der Waals surface area (Å²) in [7, 11) is 1.91. The summed E-state index contributed by atoms with van der Waals surface area (Å²) in [6.07, 6.45) is 0.822. The van der Waals surface area contributed by atoms with Crippen LogP contribution in [0.25, 0.3) is 0 Å². The lowest BCUT2D eigenvalue weighted by atomic mass is 10.4. The SMILES string of the molecule is CN(CCO)CCCNC(=O)CO. The number of aliphatic hydroxyl groups is 2. The number of nitrogens with one attached hydrogen (secondary N) is 1. The largest absolute Gasteiger partial charge is 0.395 e. The molecule has 0 saturated carbocycles. The normalized spacial score (nSPS) is 10.5. The third kappa shape index (κ3) is 7.70. The molecule has 0 bridgehead atoms. The molecule has 0 aliphatic rings. The van der Waals surface area contributed by atoms with Crippen molar-refractivity contribution in [2.75, 3.05) is 39.9 Å². The first-order chi connectivity index (χ1) is 6.20. The van der Waals surface area contributed by atoms with Gasteiger partial charge < -0.3 is 20.4 Å². The maximum atomic E-state index is 10.6. The van der Waals surface area contributed by atoms with Crippen LogP contribution in [-0.2, 0) is 4.79 Å². The number of aliphatic hydroxyl groups excluding tert-OH is 2. The number of rotatable bonds is 7. The molecule has 0 aliphatic heterocycles. The van der Waals surface area contributed by atoms with Crippen molar-refractivity contribution in [2.24, 2.45) is 0 Å². The van der Waals surface area contributed by atoms with E-state index in [1.165, 1.54) is 0 Å². The van der Waals surface area contributed by atoms with Crippen molar-refractivity contribution < 1.29 is 15.0 Å². The Hall–Kier alpha value is -0.650. The molecular formula is C8H18N2O3. The maximum Gasteiger partial charge on any atom is 0.245 e. The third-order valence-electron chi connectivity index (χ3n) is 1.66. The molecule has 0 aromatic carbocycles. The summed E-state index contributed by atoms with van der Waals surface area (Å²) in [6, 6.07) is 0. The van der Waals surface area contributed by atoms with E-state index in [9.17, 15) is 4.79 Å². The van der Waals surface area contributed by atoms with E-state index >= 15 is 0 Å². The Morgan fingerprint density at radius 2 is 2.08 bits per heavy atom. The molecule has 3 N–H and O–H groups in total. The molecule has 0 heterocycles. The van der Waals surface area contributed by atoms with E-state index < -0.39 is 6.61 Å². The highest BCUT2D eigenvalue weighted by Crippen LogP contribution is 1.84. The van der Waals surface area contributed by atoms with Crippen LogP contribution in [0, 0.1) is 0 Å². The van der Waals surface area contributed by atoms with E-state index in [2.05, 4.69) is 5.32 Å². The molecule has 0 atom stereocenters. The molecule has 5 nitrogen and oxygen atoms in total. The van der Waals surface area contributed by atoms with Crippen LogP contribution in [0.2, 0.25) is 0 Å². The van der Waals surface area contributed by atoms with Crippen molar-refractivity contribution >= 4 is 5.91 Å². The van der Waals surface area contributed by atoms with Crippen molar-refractivity contribution in [3.63, 3.8) is 0 Å². The molecule has 1 amide bonds. The number of nitrogens with zero attached hydrogens (tertiary/aromatic N) is 1. The highest BCUT2D eigenvalue weighted by molar-refractivity contribution is 5.76. The van der Waals surface area contributed by atoms with Gasteiger partial charge in [0.05, 0.1) is 6.61 Å². The highest BCUT2D eigenvalue weighted by atomic mass is 16.3. The first kappa shape index (κ1) is 12.3. The van der Waals surface area contributed by atoms with Gasteiger partial charge in [-0.2, -0.15) is 0 Å². The average Bonchev–Trinajstić information content (AvgIpc) is 2.12. The van der Waals surface area contributed by atoms with Crippen LogP contribution in [0.3, 0.4) is 0 Å². The number of carbonyl (C=O) groups is 1. The predicted octanol–water partition coefficient (Wildman–Crippen LogP) is -1.59. The maximum absolute atomic E-state index is 10.6. The molecule has 0 aliphatic carbocycles. The standard InChI is InChI=1S/C8H18N2O3/c1-10(5-6-11)4-2-3-9-8(13)7-12/h11-12H,2-7H2,1H3,(H,9,13). The molecule has 5 heteroatoms. The Labute approximate surface area is 78.4 Å². The first-order valence-electron chi connectivity index (χ1n) is 4.37. The number of hydrogen-bond donors (Lipinski definition) is 3. The molecule has 0 radical (unpaired) electrons. The second kappa shape index (κ2) is 7.97. The summed E-state index contributed by atoms with van der Waals surface area (Å²) >= 11 is 0. The Bertz CT molecular complexity index is 141. The van der Waals surface area contributed by atoms with Gasteiger partial charge in [0.15, 0.2) is 0 Å². The Balaban J connectivity index is 3.20. The monoisotopic (exact) mass is 190 g/mol. The topological polar surface area (TPSA) is 72.8 Å². The summed E-state index contributed by atoms with van der Waals surface area (Å²) in [4.78, 5) is 12.5. The summed E-state index contributed by atoms with van der Waals surface area (Å²) in [5.74, 6) is -0.343. The molecule has 78 valence electrons. The molecule has 0 unspecified atom stereocenters. The van der Waals surface area contributed by atoms with E-state index in [1.54, 1.807) is 0 Å². The quantitative estimate of drug-likeness (QED) is 0.423. The minimum atomic E-state index is -0.452. The Morgan fingerprint density at radius 1 is 1.38 bits per heavy atom. The van der Waals surface area contributed by atoms with Gasteiger partial charge in [0.2, 0.25) is 5.91 Å². The van der Waals surface area contributed by atoms with Crippen LogP contribution in [0.4, 0.5) is 0 Å². The van der Waals surface area contributed by atoms with E-state index in [4.69, 9.17) is 10.2 Å². The van der Waals surface area contributed by atoms with Gasteiger partial charge in [-0.15, -0.1) is 0 Å². The zero-order valence-corrected chi connectivity index (χ0v) is 7.99. The van der Waals surface area contributed by atoms with Gasteiger partial charge in [-0.25, -0.2) is 0 Å². The van der Waals surface area contributed by atoms with E-state index in [-0.39, 0.29) is 12.5 Å². The van der Waals surface area contributed by atoms with Crippen LogP contribution < -0.4 is 5.32 Å². The molecule has 0 aromatic heterocycles. The molecule has 0 aromatic rings. The minimum absolute atomic E-state index is 0.152. The van der Waals surface area contributed by atoms with Gasteiger partial charge in [-0.1, -0.05) is 0 Å². The van der Waals surface area contributed by atoms with E-state index in [1.807, 2.05) is 11.9 Å². The van der Waals surface area contributed by atoms with Crippen molar-refractivity contribution in [1.82, 2.24) is 10.2 Å². The molecular weight excluding hydrogens is 172 g/mol. The smallest absolute Gasteiger partial charge is 0.245 e. The molecule has 0 spiro atoms. The van der Waals surface area contributed by atoms with Crippen LogP contribution in [0.5, 0.6) is 0 Å². The zero-order valence-electron chi connectivity index (χ0n) is 7.99. The van der Waals surface area contributed by atoms with Gasteiger partial charge in [0, 0.05) is 13.1 Å². The van der Waals surface area contributed by atoms with E-state index in [0.717, 1.165) is 13.0 Å². The molecule has 0 saturated heterocycles. The number of carbonyl (C=O) groups excluding carboxylic acids is 1. The van der Waals surface area contributed by atoms with Crippen molar-refractivity contribution in [1.29, 1.82) is 0 Å². The summed E-state index contributed by atoms with van der Waals surface area (Å²) in [5, 5.41) is 19.5. The van der Waals surface area contributed by atoms with Crippen LogP contribution in [-0.4, -0.2) is 60.9 Å². The van der Waals surface area contributed by atoms with Gasteiger partial charge in [0.1, 0.15) is 6.61 Å².